The van der Waals surface area contributed by atoms with Gasteiger partial charge in [-0.3, -0.25) is 0 Å². The molecule has 2 aromatic rings. The lowest BCUT2D eigenvalue weighted by atomic mass is 10.1. The molecule has 0 unspecified atom stereocenters. The highest BCUT2D eigenvalue weighted by Crippen LogP contribution is 2.29. The summed E-state index contributed by atoms with van der Waals surface area (Å²) in [6.07, 6.45) is 4.93. The lowest BCUT2D eigenvalue weighted by Crippen LogP contribution is -2.05. The lowest BCUT2D eigenvalue weighted by Gasteiger charge is -2.10. The maximum absolute atomic E-state index is 12.3. The molecule has 0 aromatic heterocycles. The van der Waals surface area contributed by atoms with Gasteiger partial charge in [-0.1, -0.05) is 47.3 Å². The second-order valence-electron chi connectivity index (χ2n) is 5.75. The van der Waals surface area contributed by atoms with Gasteiger partial charge in [-0.05, 0) is 36.4 Å². The minimum Gasteiger partial charge on any atom is -0.489 e. The molecule has 0 atom stereocenters. The van der Waals surface area contributed by atoms with E-state index >= 15 is 0 Å². The van der Waals surface area contributed by atoms with Crippen LogP contribution in [0.4, 0.5) is 0 Å². The maximum Gasteiger partial charge on any atom is 0.363 e. The monoisotopic (exact) mass is 439 g/mol. The minimum absolute atomic E-state index is 0.193. The second-order valence-corrected chi connectivity index (χ2v) is 6.66. The van der Waals surface area contributed by atoms with Crippen molar-refractivity contribution in [2.75, 3.05) is 13.2 Å². The molecule has 142 valence electrons. The normalized spacial score (nSPS) is 14.4. The van der Waals surface area contributed by atoms with Crippen molar-refractivity contribution in [3.8, 4) is 11.5 Å². The first-order chi connectivity index (χ1) is 13.6. The van der Waals surface area contributed by atoms with Crippen LogP contribution >= 0.6 is 15.9 Å². The number of carbonyl (C=O) groups excluding carboxylic acids is 1. The molecule has 3 rings (SSSR count). The summed E-state index contributed by atoms with van der Waals surface area (Å²) in [4.78, 5) is 16.6. The van der Waals surface area contributed by atoms with Crippen LogP contribution < -0.4 is 9.47 Å². The van der Waals surface area contributed by atoms with Crippen molar-refractivity contribution < 1.29 is 19.0 Å². The van der Waals surface area contributed by atoms with E-state index in [0.717, 1.165) is 4.47 Å². The van der Waals surface area contributed by atoms with Gasteiger partial charge in [-0.2, -0.15) is 0 Å². The third kappa shape index (κ3) is 4.78. The number of esters is 1. The Morgan fingerprint density at radius 2 is 1.86 bits per heavy atom. The number of rotatable bonds is 8. The van der Waals surface area contributed by atoms with Crippen LogP contribution in [-0.2, 0) is 9.53 Å². The van der Waals surface area contributed by atoms with Gasteiger partial charge in [0.15, 0.2) is 5.70 Å². The summed E-state index contributed by atoms with van der Waals surface area (Å²) >= 11 is 3.40. The maximum atomic E-state index is 12.3. The fourth-order valence-corrected chi connectivity index (χ4v) is 2.85. The predicted octanol–water partition coefficient (Wildman–Crippen LogP) is 4.92. The molecule has 0 amide bonds. The summed E-state index contributed by atoms with van der Waals surface area (Å²) in [7, 11) is 0. The van der Waals surface area contributed by atoms with E-state index in [1.165, 1.54) is 0 Å². The summed E-state index contributed by atoms with van der Waals surface area (Å²) < 4.78 is 17.4. The second kappa shape index (κ2) is 9.19. The summed E-state index contributed by atoms with van der Waals surface area (Å²) in [6, 6.07) is 12.7. The molecule has 5 nitrogen and oxygen atoms in total. The van der Waals surface area contributed by atoms with E-state index in [1.807, 2.05) is 24.3 Å². The number of hydrogen-bond donors (Lipinski definition) is 0. The Labute approximate surface area is 171 Å². The number of nitrogens with zero attached hydrogens (tertiary/aromatic N) is 1. The molecule has 0 aliphatic carbocycles. The smallest absolute Gasteiger partial charge is 0.363 e. The van der Waals surface area contributed by atoms with Crippen LogP contribution in [0.25, 0.3) is 6.08 Å². The Hall–Kier alpha value is -3.12. The molecule has 28 heavy (non-hydrogen) atoms. The first-order valence-electron chi connectivity index (χ1n) is 8.50. The topological polar surface area (TPSA) is 57.1 Å². The molecule has 0 fully saturated rings. The average Bonchev–Trinajstić information content (AvgIpc) is 3.06. The van der Waals surface area contributed by atoms with E-state index in [9.17, 15) is 4.79 Å². The quantitative estimate of drug-likeness (QED) is 0.332. The SMILES string of the molecule is C=CCOc1ccc(C=C2N=C(c3cccc(Br)c3)OC2=O)c(OCC=C)c1. The zero-order valence-electron chi connectivity index (χ0n) is 15.1. The summed E-state index contributed by atoms with van der Waals surface area (Å²) in [5, 5.41) is 0. The van der Waals surface area contributed by atoms with Crippen molar-refractivity contribution >= 4 is 33.9 Å². The van der Waals surface area contributed by atoms with Gasteiger partial charge in [-0.25, -0.2) is 9.79 Å². The zero-order valence-corrected chi connectivity index (χ0v) is 16.6. The molecule has 0 N–H and O–H groups in total. The minimum atomic E-state index is -0.517. The van der Waals surface area contributed by atoms with Gasteiger partial charge < -0.3 is 14.2 Å². The Kier molecular flexibility index (Phi) is 6.45. The van der Waals surface area contributed by atoms with Crippen LogP contribution in [0.5, 0.6) is 11.5 Å². The van der Waals surface area contributed by atoms with Crippen LogP contribution in [-0.4, -0.2) is 25.1 Å². The van der Waals surface area contributed by atoms with Crippen molar-refractivity contribution in [3.05, 3.63) is 89.1 Å². The van der Waals surface area contributed by atoms with E-state index < -0.39 is 5.97 Å². The fraction of sp³-hybridized carbons (Fsp3) is 0.0909. The first-order valence-corrected chi connectivity index (χ1v) is 9.30. The van der Waals surface area contributed by atoms with E-state index in [-0.39, 0.29) is 11.6 Å². The van der Waals surface area contributed by atoms with Crippen LogP contribution in [0.1, 0.15) is 11.1 Å². The van der Waals surface area contributed by atoms with Gasteiger partial charge in [0, 0.05) is 21.7 Å². The number of ether oxygens (including phenoxy) is 3. The molecule has 0 spiro atoms. The van der Waals surface area contributed by atoms with Gasteiger partial charge >= 0.3 is 5.97 Å². The molecular weight excluding hydrogens is 422 g/mol. The predicted molar refractivity (Wildman–Crippen MR) is 113 cm³/mol. The standard InChI is InChI=1S/C22H18BrNO4/c1-3-10-26-18-9-8-15(20(14-18)27-11-4-2)13-19-22(25)28-21(24-19)16-6-5-7-17(23)12-16/h3-9,12-14H,1-2,10-11H2. The highest BCUT2D eigenvalue weighted by molar-refractivity contribution is 9.10. The number of hydrogen-bond acceptors (Lipinski definition) is 5. The van der Waals surface area contributed by atoms with E-state index in [1.54, 1.807) is 36.4 Å². The lowest BCUT2D eigenvalue weighted by molar-refractivity contribution is -0.129. The molecule has 0 saturated heterocycles. The van der Waals surface area contributed by atoms with Gasteiger partial charge in [-0.15, -0.1) is 0 Å². The Bertz CT molecular complexity index is 978. The van der Waals surface area contributed by atoms with Crippen molar-refractivity contribution in [2.45, 2.75) is 0 Å². The molecule has 6 heteroatoms. The largest absolute Gasteiger partial charge is 0.489 e. The number of aliphatic imine (C=N–C) groups is 1. The molecule has 1 aliphatic heterocycles. The summed E-state index contributed by atoms with van der Waals surface area (Å²) in [6.45, 7) is 7.99. The number of halogens is 1. The van der Waals surface area contributed by atoms with Crippen LogP contribution in [0, 0.1) is 0 Å². The molecule has 0 saturated carbocycles. The molecule has 0 radical (unpaired) electrons. The van der Waals surface area contributed by atoms with Crippen LogP contribution in [0.15, 0.2) is 82.9 Å². The van der Waals surface area contributed by atoms with Gasteiger partial charge in [0.2, 0.25) is 5.90 Å². The Morgan fingerprint density at radius 3 is 2.61 bits per heavy atom. The fourth-order valence-electron chi connectivity index (χ4n) is 2.45. The van der Waals surface area contributed by atoms with E-state index in [2.05, 4.69) is 34.1 Å². The summed E-state index contributed by atoms with van der Waals surface area (Å²) in [5.41, 5.74) is 1.58. The number of benzene rings is 2. The summed E-state index contributed by atoms with van der Waals surface area (Å²) in [5.74, 6) is 0.926. The van der Waals surface area contributed by atoms with E-state index in [4.69, 9.17) is 14.2 Å². The van der Waals surface area contributed by atoms with E-state index in [0.29, 0.717) is 35.8 Å². The first kappa shape index (κ1) is 19.6. The molecule has 0 bridgehead atoms. The highest BCUT2D eigenvalue weighted by Gasteiger charge is 2.24. The molecule has 2 aromatic carbocycles. The number of cyclic esters (lactones) is 1. The van der Waals surface area contributed by atoms with Crippen molar-refractivity contribution in [1.29, 1.82) is 0 Å². The zero-order chi connectivity index (χ0) is 19.9. The van der Waals surface area contributed by atoms with Gasteiger partial charge in [0.25, 0.3) is 0 Å². The van der Waals surface area contributed by atoms with Gasteiger partial charge in [0.05, 0.1) is 0 Å². The van der Waals surface area contributed by atoms with Crippen molar-refractivity contribution in [2.24, 2.45) is 4.99 Å². The molecular formula is C22H18BrNO4. The Balaban J connectivity index is 1.93. The number of carbonyl (C=O) groups is 1. The average molecular weight is 440 g/mol. The van der Waals surface area contributed by atoms with Crippen LogP contribution in [0.3, 0.4) is 0 Å². The highest BCUT2D eigenvalue weighted by atomic mass is 79.9. The van der Waals surface area contributed by atoms with Crippen molar-refractivity contribution in [1.82, 2.24) is 0 Å². The van der Waals surface area contributed by atoms with Gasteiger partial charge in [0.1, 0.15) is 24.7 Å². The third-order valence-electron chi connectivity index (χ3n) is 3.69. The third-order valence-corrected chi connectivity index (χ3v) is 4.19. The molecule has 1 heterocycles. The van der Waals surface area contributed by atoms with Crippen LogP contribution in [0.2, 0.25) is 0 Å². The van der Waals surface area contributed by atoms with Crippen molar-refractivity contribution in [3.63, 3.8) is 0 Å². The Morgan fingerprint density at radius 1 is 1.07 bits per heavy atom. The molecule has 1 aliphatic rings.